The van der Waals surface area contributed by atoms with E-state index in [4.69, 9.17) is 4.74 Å². The van der Waals surface area contributed by atoms with Gasteiger partial charge in [0.2, 0.25) is 5.91 Å². The summed E-state index contributed by atoms with van der Waals surface area (Å²) in [5, 5.41) is 4.04. The van der Waals surface area contributed by atoms with Crippen molar-refractivity contribution in [2.24, 2.45) is 7.05 Å². The molecule has 3 heterocycles. The Morgan fingerprint density at radius 3 is 2.54 bits per heavy atom. The first-order valence-electron chi connectivity index (χ1n) is 8.93. The average molecular weight is 363 g/mol. The molecule has 2 fully saturated rings. The largest absolute Gasteiger partial charge is 0.453 e. The number of rotatable bonds is 2. The first kappa shape index (κ1) is 18.2. The predicted molar refractivity (Wildman–Crippen MR) is 95.0 cm³/mol. The molecule has 0 N–H and O–H groups in total. The summed E-state index contributed by atoms with van der Waals surface area (Å²) in [5.74, 6) is -0.0168. The molecule has 1 unspecified atom stereocenters. The van der Waals surface area contributed by atoms with Gasteiger partial charge >= 0.3 is 6.09 Å². The molecule has 0 saturated carbocycles. The number of piperazine rings is 1. The van der Waals surface area contributed by atoms with Gasteiger partial charge in [0.1, 0.15) is 6.04 Å². The van der Waals surface area contributed by atoms with E-state index in [9.17, 15) is 14.4 Å². The monoisotopic (exact) mass is 363 g/mol. The lowest BCUT2D eigenvalue weighted by Gasteiger charge is -2.40. The summed E-state index contributed by atoms with van der Waals surface area (Å²) >= 11 is 0. The fraction of sp³-hybridized carbons (Fsp3) is 0.647. The predicted octanol–water partition coefficient (Wildman–Crippen LogP) is 0.0498. The Hall–Kier alpha value is -2.58. The molecule has 2 aliphatic heterocycles. The van der Waals surface area contributed by atoms with Gasteiger partial charge in [0.15, 0.2) is 0 Å². The molecule has 1 atom stereocenters. The van der Waals surface area contributed by atoms with Crippen molar-refractivity contribution in [3.63, 3.8) is 0 Å². The molecule has 3 rings (SSSR count). The van der Waals surface area contributed by atoms with Crippen molar-refractivity contribution >= 4 is 17.7 Å². The van der Waals surface area contributed by atoms with Gasteiger partial charge in [-0.15, -0.1) is 0 Å². The summed E-state index contributed by atoms with van der Waals surface area (Å²) in [4.78, 5) is 42.0. The van der Waals surface area contributed by atoms with Crippen molar-refractivity contribution in [3.05, 3.63) is 22.6 Å². The first-order chi connectivity index (χ1) is 12.5. The van der Waals surface area contributed by atoms with Crippen molar-refractivity contribution in [2.75, 3.05) is 44.7 Å². The van der Waals surface area contributed by atoms with Gasteiger partial charge < -0.3 is 14.5 Å². The lowest BCUT2D eigenvalue weighted by molar-refractivity contribution is -0.137. The van der Waals surface area contributed by atoms with Crippen molar-refractivity contribution in [1.29, 1.82) is 0 Å². The van der Waals surface area contributed by atoms with Gasteiger partial charge in [-0.3, -0.25) is 14.5 Å². The van der Waals surface area contributed by atoms with E-state index in [0.717, 1.165) is 18.5 Å². The molecule has 26 heavy (non-hydrogen) atoms. The number of anilines is 1. The molecule has 9 heteroatoms. The Morgan fingerprint density at radius 2 is 1.88 bits per heavy atom. The highest BCUT2D eigenvalue weighted by Gasteiger charge is 2.36. The van der Waals surface area contributed by atoms with Crippen molar-refractivity contribution in [2.45, 2.75) is 25.3 Å². The number of aryl methyl sites for hydroxylation is 1. The molecule has 9 nitrogen and oxygen atoms in total. The number of aromatic nitrogens is 2. The Bertz CT molecular complexity index is 726. The third-order valence-corrected chi connectivity index (χ3v) is 5.11. The van der Waals surface area contributed by atoms with Gasteiger partial charge in [0.05, 0.1) is 19.0 Å². The second-order valence-corrected chi connectivity index (χ2v) is 6.66. The molecule has 0 radical (unpaired) electrons. The molecule has 0 aromatic carbocycles. The molecule has 2 saturated heterocycles. The van der Waals surface area contributed by atoms with Crippen LogP contribution < -0.4 is 10.5 Å². The number of carbonyl (C=O) groups is 2. The van der Waals surface area contributed by atoms with Gasteiger partial charge in [-0.2, -0.15) is 5.10 Å². The van der Waals surface area contributed by atoms with Crippen molar-refractivity contribution < 1.29 is 14.3 Å². The minimum absolute atomic E-state index is 0.0168. The molecule has 1 aromatic rings. The Balaban J connectivity index is 1.63. The Morgan fingerprint density at radius 1 is 1.15 bits per heavy atom. The molecule has 2 aliphatic rings. The minimum atomic E-state index is -0.437. The zero-order valence-corrected chi connectivity index (χ0v) is 15.3. The van der Waals surface area contributed by atoms with E-state index in [-0.39, 0.29) is 11.5 Å². The molecule has 0 bridgehead atoms. The summed E-state index contributed by atoms with van der Waals surface area (Å²) in [6.45, 7) is 2.93. The zero-order valence-electron chi connectivity index (χ0n) is 15.3. The lowest BCUT2D eigenvalue weighted by atomic mass is 10.0. The van der Waals surface area contributed by atoms with Gasteiger partial charge in [-0.05, 0) is 19.3 Å². The average Bonchev–Trinajstić information content (AvgIpc) is 2.69. The van der Waals surface area contributed by atoms with E-state index in [0.29, 0.717) is 39.1 Å². The lowest BCUT2D eigenvalue weighted by Crippen LogP contribution is -2.57. The molecule has 0 spiro atoms. The van der Waals surface area contributed by atoms with E-state index < -0.39 is 12.1 Å². The van der Waals surface area contributed by atoms with Gasteiger partial charge in [-0.25, -0.2) is 9.48 Å². The van der Waals surface area contributed by atoms with Crippen LogP contribution in [0.4, 0.5) is 10.5 Å². The van der Waals surface area contributed by atoms with Crippen LogP contribution in [0.2, 0.25) is 0 Å². The number of hydrogen-bond acceptors (Lipinski definition) is 6. The highest BCUT2D eigenvalue weighted by atomic mass is 16.5. The maximum Gasteiger partial charge on any atom is 0.410 e. The second kappa shape index (κ2) is 7.76. The molecule has 0 aliphatic carbocycles. The topological polar surface area (TPSA) is 88.0 Å². The van der Waals surface area contributed by atoms with Crippen LogP contribution in [0.25, 0.3) is 0 Å². The van der Waals surface area contributed by atoms with Gasteiger partial charge in [-0.1, -0.05) is 0 Å². The van der Waals surface area contributed by atoms with E-state index in [1.165, 1.54) is 11.8 Å². The number of ether oxygens (including phenoxy) is 1. The van der Waals surface area contributed by atoms with Crippen molar-refractivity contribution in [1.82, 2.24) is 19.6 Å². The second-order valence-electron chi connectivity index (χ2n) is 6.66. The number of likely N-dealkylation sites (tertiary alicyclic amines) is 1. The summed E-state index contributed by atoms with van der Waals surface area (Å²) < 4.78 is 6.11. The number of nitrogens with zero attached hydrogens (tertiary/aromatic N) is 5. The fourth-order valence-electron chi connectivity index (χ4n) is 3.55. The first-order valence-corrected chi connectivity index (χ1v) is 8.93. The molecule has 1 aromatic heterocycles. The maximum atomic E-state index is 12.9. The van der Waals surface area contributed by atoms with E-state index in [1.807, 2.05) is 0 Å². The third-order valence-electron chi connectivity index (χ3n) is 5.11. The summed E-state index contributed by atoms with van der Waals surface area (Å²) in [6.07, 6.45) is 3.73. The van der Waals surface area contributed by atoms with E-state index in [1.54, 1.807) is 29.1 Å². The standard InChI is InChI=1S/C17H25N5O4/c1-19-15(23)11-13(12-18-19)20-7-9-21(10-8-20)16(24)14-5-3-4-6-22(14)17(25)26-2/h11-12,14H,3-10H2,1-2H3. The Kier molecular flexibility index (Phi) is 5.43. The highest BCUT2D eigenvalue weighted by Crippen LogP contribution is 2.21. The SMILES string of the molecule is COC(=O)N1CCCCC1C(=O)N1CCN(c2cnn(C)c(=O)c2)CC1. The normalized spacial score (nSPS) is 20.8. The number of piperidine rings is 1. The number of amides is 2. The van der Waals surface area contributed by atoms with Crippen LogP contribution in [0, 0.1) is 0 Å². The van der Waals surface area contributed by atoms with Crippen LogP contribution in [0.3, 0.4) is 0 Å². The van der Waals surface area contributed by atoms with Gasteiger partial charge in [0.25, 0.3) is 5.56 Å². The highest BCUT2D eigenvalue weighted by molar-refractivity contribution is 5.86. The maximum absolute atomic E-state index is 12.9. The quantitative estimate of drug-likeness (QED) is 0.738. The Labute approximate surface area is 152 Å². The fourth-order valence-corrected chi connectivity index (χ4v) is 3.55. The molecule has 2 amide bonds. The van der Waals surface area contributed by atoms with Gasteiger partial charge in [0, 0.05) is 45.8 Å². The molecule has 142 valence electrons. The minimum Gasteiger partial charge on any atom is -0.453 e. The smallest absolute Gasteiger partial charge is 0.410 e. The van der Waals surface area contributed by atoms with Crippen LogP contribution in [-0.4, -0.2) is 77.5 Å². The van der Waals surface area contributed by atoms with E-state index >= 15 is 0 Å². The van der Waals surface area contributed by atoms with Crippen LogP contribution in [0.15, 0.2) is 17.1 Å². The number of hydrogen-bond donors (Lipinski definition) is 0. The van der Waals surface area contributed by atoms with Crippen LogP contribution in [0.1, 0.15) is 19.3 Å². The third kappa shape index (κ3) is 3.66. The summed E-state index contributed by atoms with van der Waals surface area (Å²) in [5.41, 5.74) is 0.617. The van der Waals surface area contributed by atoms with Crippen LogP contribution in [0.5, 0.6) is 0 Å². The van der Waals surface area contributed by atoms with Crippen LogP contribution in [-0.2, 0) is 16.6 Å². The molecular formula is C17H25N5O4. The number of methoxy groups -OCH3 is 1. The summed E-state index contributed by atoms with van der Waals surface area (Å²) in [6, 6.07) is 1.12. The number of carbonyl (C=O) groups excluding carboxylic acids is 2. The van der Waals surface area contributed by atoms with E-state index in [2.05, 4.69) is 10.00 Å². The molecular weight excluding hydrogens is 338 g/mol. The summed E-state index contributed by atoms with van der Waals surface area (Å²) in [7, 11) is 2.95. The van der Waals surface area contributed by atoms with Crippen LogP contribution >= 0.6 is 0 Å². The zero-order chi connectivity index (χ0) is 18.7. The van der Waals surface area contributed by atoms with Crippen molar-refractivity contribution in [3.8, 4) is 0 Å².